The van der Waals surface area contributed by atoms with Gasteiger partial charge in [0.2, 0.25) is 5.91 Å². The molecule has 1 atom stereocenters. The normalized spacial score (nSPS) is 19.0. The van der Waals surface area contributed by atoms with E-state index in [1.165, 1.54) is 6.07 Å². The maximum absolute atomic E-state index is 13.6. The van der Waals surface area contributed by atoms with E-state index in [4.69, 9.17) is 4.74 Å². The van der Waals surface area contributed by atoms with Gasteiger partial charge in [0.1, 0.15) is 5.82 Å². The van der Waals surface area contributed by atoms with E-state index in [0.717, 1.165) is 24.8 Å². The Morgan fingerprint density at radius 2 is 2.14 bits per heavy atom. The molecule has 0 bridgehead atoms. The summed E-state index contributed by atoms with van der Waals surface area (Å²) in [5, 5.41) is 3.04. The molecular formula is C17H24FNO2. The zero-order valence-electron chi connectivity index (χ0n) is 12.8. The molecule has 0 spiro atoms. The average Bonchev–Trinajstić information content (AvgIpc) is 2.52. The van der Waals surface area contributed by atoms with Crippen LogP contribution >= 0.6 is 0 Å². The number of hydrogen-bond acceptors (Lipinski definition) is 2. The van der Waals surface area contributed by atoms with Crippen LogP contribution in [0.5, 0.6) is 0 Å². The Hall–Kier alpha value is -1.42. The first-order valence-electron chi connectivity index (χ1n) is 7.69. The number of carbonyl (C=O) groups is 1. The van der Waals surface area contributed by atoms with Gasteiger partial charge in [0.05, 0.1) is 0 Å². The summed E-state index contributed by atoms with van der Waals surface area (Å²) in [5.41, 5.74) is 0.735. The van der Waals surface area contributed by atoms with Crippen molar-refractivity contribution in [3.63, 3.8) is 0 Å². The van der Waals surface area contributed by atoms with E-state index in [1.807, 2.05) is 19.9 Å². The standard InChI is InChI=1S/C17H24FNO2/c1-3-13(2)16(20)19-12-17(7-9-21-10-8-17)14-5-4-6-15(18)11-14/h4-6,11,13H,3,7-10,12H2,1-2H3,(H,19,20). The highest BCUT2D eigenvalue weighted by Gasteiger charge is 2.35. The third-order valence-corrected chi connectivity index (χ3v) is 4.55. The number of nitrogens with one attached hydrogen (secondary N) is 1. The molecule has 1 fully saturated rings. The fraction of sp³-hybridized carbons (Fsp3) is 0.588. The molecule has 1 N–H and O–H groups in total. The quantitative estimate of drug-likeness (QED) is 0.906. The van der Waals surface area contributed by atoms with E-state index >= 15 is 0 Å². The highest BCUT2D eigenvalue weighted by atomic mass is 19.1. The van der Waals surface area contributed by atoms with Gasteiger partial charge in [-0.05, 0) is 37.0 Å². The summed E-state index contributed by atoms with van der Waals surface area (Å²) in [5.74, 6) is -0.152. The van der Waals surface area contributed by atoms with Crippen molar-refractivity contribution in [2.45, 2.75) is 38.5 Å². The Labute approximate surface area is 125 Å². The second-order valence-corrected chi connectivity index (χ2v) is 5.93. The number of benzene rings is 1. The predicted octanol–water partition coefficient (Wildman–Crippen LogP) is 3.04. The Morgan fingerprint density at radius 3 is 2.76 bits per heavy atom. The van der Waals surface area contributed by atoms with E-state index < -0.39 is 0 Å². The number of hydrogen-bond donors (Lipinski definition) is 1. The zero-order chi connectivity index (χ0) is 15.3. The molecule has 1 aliphatic rings. The van der Waals surface area contributed by atoms with Crippen molar-refractivity contribution in [3.05, 3.63) is 35.6 Å². The molecule has 3 nitrogen and oxygen atoms in total. The summed E-state index contributed by atoms with van der Waals surface area (Å²) in [6, 6.07) is 6.72. The lowest BCUT2D eigenvalue weighted by Crippen LogP contribution is -2.45. The maximum atomic E-state index is 13.6. The number of halogens is 1. The van der Waals surface area contributed by atoms with Gasteiger partial charge in [-0.1, -0.05) is 26.0 Å². The molecule has 2 rings (SSSR count). The Bertz CT molecular complexity index is 483. The fourth-order valence-corrected chi connectivity index (χ4v) is 2.76. The molecule has 1 aromatic rings. The Kier molecular flexibility index (Phi) is 5.34. The number of ether oxygens (including phenoxy) is 1. The van der Waals surface area contributed by atoms with Crippen LogP contribution in [0.2, 0.25) is 0 Å². The summed E-state index contributed by atoms with van der Waals surface area (Å²) >= 11 is 0. The molecule has 1 aliphatic heterocycles. The molecular weight excluding hydrogens is 269 g/mol. The molecule has 0 aliphatic carbocycles. The summed E-state index contributed by atoms with van der Waals surface area (Å²) in [4.78, 5) is 12.0. The number of carbonyl (C=O) groups excluding carboxylic acids is 1. The van der Waals surface area contributed by atoms with E-state index in [1.54, 1.807) is 12.1 Å². The van der Waals surface area contributed by atoms with E-state index in [2.05, 4.69) is 5.32 Å². The summed E-state index contributed by atoms with van der Waals surface area (Å²) in [6.07, 6.45) is 2.43. The van der Waals surface area contributed by atoms with Crippen molar-refractivity contribution >= 4 is 5.91 Å². The molecule has 0 aromatic heterocycles. The number of rotatable bonds is 5. The maximum Gasteiger partial charge on any atom is 0.222 e. The summed E-state index contributed by atoms with van der Waals surface area (Å²) in [7, 11) is 0. The minimum absolute atomic E-state index is 0.00870. The van der Waals surface area contributed by atoms with Crippen LogP contribution in [-0.2, 0) is 14.9 Å². The van der Waals surface area contributed by atoms with Crippen molar-refractivity contribution in [2.75, 3.05) is 19.8 Å². The van der Waals surface area contributed by atoms with Crippen LogP contribution in [0.3, 0.4) is 0 Å². The first-order valence-corrected chi connectivity index (χ1v) is 7.69. The second kappa shape index (κ2) is 7.03. The molecule has 116 valence electrons. The van der Waals surface area contributed by atoms with Crippen LogP contribution in [0, 0.1) is 11.7 Å². The minimum atomic E-state index is -0.230. The topological polar surface area (TPSA) is 38.3 Å². The van der Waals surface area contributed by atoms with Crippen molar-refractivity contribution in [3.8, 4) is 0 Å². The highest BCUT2D eigenvalue weighted by molar-refractivity contribution is 5.78. The lowest BCUT2D eigenvalue weighted by atomic mass is 9.74. The summed E-state index contributed by atoms with van der Waals surface area (Å²) in [6.45, 7) is 5.77. The predicted molar refractivity (Wildman–Crippen MR) is 80.6 cm³/mol. The second-order valence-electron chi connectivity index (χ2n) is 5.93. The minimum Gasteiger partial charge on any atom is -0.381 e. The van der Waals surface area contributed by atoms with Gasteiger partial charge in [0.25, 0.3) is 0 Å². The average molecular weight is 293 g/mol. The molecule has 1 aromatic carbocycles. The first-order chi connectivity index (χ1) is 10.1. The molecule has 4 heteroatoms. The van der Waals surface area contributed by atoms with Crippen molar-refractivity contribution in [1.29, 1.82) is 0 Å². The Balaban J connectivity index is 2.16. The molecule has 0 saturated carbocycles. The van der Waals surface area contributed by atoms with Gasteiger partial charge in [-0.25, -0.2) is 4.39 Å². The van der Waals surface area contributed by atoms with E-state index in [0.29, 0.717) is 19.8 Å². The SMILES string of the molecule is CCC(C)C(=O)NCC1(c2cccc(F)c2)CCOCC1. The third kappa shape index (κ3) is 3.82. The fourth-order valence-electron chi connectivity index (χ4n) is 2.76. The smallest absolute Gasteiger partial charge is 0.222 e. The molecule has 1 heterocycles. The van der Waals surface area contributed by atoms with Crippen LogP contribution in [0.15, 0.2) is 24.3 Å². The molecule has 1 amide bonds. The monoisotopic (exact) mass is 293 g/mol. The van der Waals surface area contributed by atoms with Crippen LogP contribution < -0.4 is 5.32 Å². The first kappa shape index (κ1) is 16.0. The van der Waals surface area contributed by atoms with Crippen LogP contribution in [0.1, 0.15) is 38.7 Å². The van der Waals surface area contributed by atoms with Crippen molar-refractivity contribution in [2.24, 2.45) is 5.92 Å². The van der Waals surface area contributed by atoms with Gasteiger partial charge in [-0.3, -0.25) is 4.79 Å². The van der Waals surface area contributed by atoms with Crippen LogP contribution in [0.4, 0.5) is 4.39 Å². The zero-order valence-corrected chi connectivity index (χ0v) is 12.8. The molecule has 21 heavy (non-hydrogen) atoms. The molecule has 1 saturated heterocycles. The third-order valence-electron chi connectivity index (χ3n) is 4.55. The van der Waals surface area contributed by atoms with Crippen LogP contribution in [0.25, 0.3) is 0 Å². The van der Waals surface area contributed by atoms with Gasteiger partial charge in [0, 0.05) is 31.1 Å². The van der Waals surface area contributed by atoms with Gasteiger partial charge in [-0.2, -0.15) is 0 Å². The lowest BCUT2D eigenvalue weighted by molar-refractivity contribution is -0.125. The van der Waals surface area contributed by atoms with E-state index in [-0.39, 0.29) is 23.1 Å². The largest absolute Gasteiger partial charge is 0.381 e. The highest BCUT2D eigenvalue weighted by Crippen LogP contribution is 2.34. The van der Waals surface area contributed by atoms with Gasteiger partial charge < -0.3 is 10.1 Å². The molecule has 1 unspecified atom stereocenters. The Morgan fingerprint density at radius 1 is 1.43 bits per heavy atom. The lowest BCUT2D eigenvalue weighted by Gasteiger charge is -2.38. The van der Waals surface area contributed by atoms with Crippen LogP contribution in [-0.4, -0.2) is 25.7 Å². The summed E-state index contributed by atoms with van der Waals surface area (Å²) < 4.78 is 19.0. The van der Waals surface area contributed by atoms with E-state index in [9.17, 15) is 9.18 Å². The number of amides is 1. The van der Waals surface area contributed by atoms with Gasteiger partial charge >= 0.3 is 0 Å². The van der Waals surface area contributed by atoms with Gasteiger partial charge in [0.15, 0.2) is 0 Å². The van der Waals surface area contributed by atoms with Crippen molar-refractivity contribution < 1.29 is 13.9 Å². The van der Waals surface area contributed by atoms with Gasteiger partial charge in [-0.15, -0.1) is 0 Å². The molecule has 0 radical (unpaired) electrons. The van der Waals surface area contributed by atoms with Crippen molar-refractivity contribution in [1.82, 2.24) is 5.32 Å².